The molecule has 3 N–H and O–H groups in total. The van der Waals surface area contributed by atoms with Crippen LogP contribution in [-0.2, 0) is 16.6 Å². The standard InChI is InChI=1S/C13H11ClF2N2O2S/c14-10-2-1-3-12(17)13(10)21(19,20)18-7-8-4-5-9(15)6-11(8)16/h1-6,18H,7,17H2. The van der Waals surface area contributed by atoms with Crippen molar-refractivity contribution >= 4 is 27.3 Å². The molecule has 4 nitrogen and oxygen atoms in total. The summed E-state index contributed by atoms with van der Waals surface area (Å²) < 4.78 is 52.7. The second kappa shape index (κ2) is 5.97. The third-order valence-electron chi connectivity index (χ3n) is 2.73. The fourth-order valence-corrected chi connectivity index (χ4v) is 3.40. The van der Waals surface area contributed by atoms with E-state index in [4.69, 9.17) is 17.3 Å². The molecule has 0 fully saturated rings. The van der Waals surface area contributed by atoms with Gasteiger partial charge in [-0.1, -0.05) is 23.7 Å². The molecule has 0 radical (unpaired) electrons. The first-order chi connectivity index (χ1) is 9.81. The van der Waals surface area contributed by atoms with Gasteiger partial charge in [-0.25, -0.2) is 21.9 Å². The minimum atomic E-state index is -4.01. The maximum absolute atomic E-state index is 13.5. The Morgan fingerprint density at radius 1 is 1.19 bits per heavy atom. The van der Waals surface area contributed by atoms with Gasteiger partial charge in [0.25, 0.3) is 0 Å². The third-order valence-corrected chi connectivity index (χ3v) is 4.68. The van der Waals surface area contributed by atoms with E-state index in [0.717, 1.165) is 12.1 Å². The Morgan fingerprint density at radius 3 is 2.52 bits per heavy atom. The van der Waals surface area contributed by atoms with Crippen LogP contribution in [0.1, 0.15) is 5.56 Å². The minimum Gasteiger partial charge on any atom is -0.398 e. The maximum atomic E-state index is 13.5. The van der Waals surface area contributed by atoms with Gasteiger partial charge in [0.05, 0.1) is 10.7 Å². The van der Waals surface area contributed by atoms with Gasteiger partial charge >= 0.3 is 0 Å². The van der Waals surface area contributed by atoms with Crippen molar-refractivity contribution in [2.45, 2.75) is 11.4 Å². The smallest absolute Gasteiger partial charge is 0.244 e. The predicted molar refractivity (Wildman–Crippen MR) is 76.2 cm³/mol. The molecular formula is C13H11ClF2N2O2S. The molecule has 2 rings (SSSR count). The number of anilines is 1. The van der Waals surface area contributed by atoms with Gasteiger partial charge in [0.1, 0.15) is 16.5 Å². The largest absolute Gasteiger partial charge is 0.398 e. The quantitative estimate of drug-likeness (QED) is 0.845. The molecule has 0 spiro atoms. The number of benzene rings is 2. The number of hydrogen-bond donors (Lipinski definition) is 2. The molecule has 112 valence electrons. The zero-order valence-electron chi connectivity index (χ0n) is 10.6. The number of hydrogen-bond acceptors (Lipinski definition) is 3. The van der Waals surface area contributed by atoms with E-state index in [1.54, 1.807) is 0 Å². The Balaban J connectivity index is 2.26. The fraction of sp³-hybridized carbons (Fsp3) is 0.0769. The molecule has 0 amide bonds. The molecule has 0 heterocycles. The predicted octanol–water partition coefficient (Wildman–Crippen LogP) is 2.68. The van der Waals surface area contributed by atoms with Crippen molar-refractivity contribution in [3.63, 3.8) is 0 Å². The number of nitrogens with two attached hydrogens (primary N) is 1. The van der Waals surface area contributed by atoms with Crippen molar-refractivity contribution in [2.24, 2.45) is 0 Å². The summed E-state index contributed by atoms with van der Waals surface area (Å²) in [5, 5.41) is -0.0397. The normalized spacial score (nSPS) is 11.6. The lowest BCUT2D eigenvalue weighted by Crippen LogP contribution is -2.25. The fourth-order valence-electron chi connectivity index (χ4n) is 1.72. The molecule has 0 saturated carbocycles. The molecule has 0 saturated heterocycles. The number of halogens is 3. The van der Waals surface area contributed by atoms with Crippen LogP contribution in [0.25, 0.3) is 0 Å². The Hall–Kier alpha value is -1.70. The van der Waals surface area contributed by atoms with Crippen LogP contribution < -0.4 is 10.5 Å². The van der Waals surface area contributed by atoms with Crippen molar-refractivity contribution in [1.29, 1.82) is 0 Å². The maximum Gasteiger partial charge on any atom is 0.244 e. The minimum absolute atomic E-state index is 0.00519. The summed E-state index contributed by atoms with van der Waals surface area (Å²) in [5.74, 6) is -1.58. The Kier molecular flexibility index (Phi) is 4.46. The van der Waals surface area contributed by atoms with Crippen LogP contribution in [0.4, 0.5) is 14.5 Å². The SMILES string of the molecule is Nc1cccc(Cl)c1S(=O)(=O)NCc1ccc(F)cc1F. The van der Waals surface area contributed by atoms with Crippen LogP contribution in [0.15, 0.2) is 41.3 Å². The Bertz CT molecular complexity index is 761. The van der Waals surface area contributed by atoms with E-state index in [0.29, 0.717) is 6.07 Å². The lowest BCUT2D eigenvalue weighted by atomic mass is 10.2. The molecule has 0 aliphatic carbocycles. The van der Waals surface area contributed by atoms with Crippen LogP contribution in [0.3, 0.4) is 0 Å². The second-order valence-electron chi connectivity index (χ2n) is 4.22. The van der Waals surface area contributed by atoms with Crippen molar-refractivity contribution in [3.8, 4) is 0 Å². The van der Waals surface area contributed by atoms with Gasteiger partial charge in [-0.3, -0.25) is 0 Å². The molecule has 0 aliphatic rings. The van der Waals surface area contributed by atoms with Crippen molar-refractivity contribution < 1.29 is 17.2 Å². The average Bonchev–Trinajstić information content (AvgIpc) is 2.37. The van der Waals surface area contributed by atoms with Gasteiger partial charge in [-0.05, 0) is 18.2 Å². The summed E-state index contributed by atoms with van der Waals surface area (Å²) in [6.45, 7) is -0.348. The topological polar surface area (TPSA) is 72.2 Å². The van der Waals surface area contributed by atoms with Gasteiger partial charge in [0.2, 0.25) is 10.0 Å². The lowest BCUT2D eigenvalue weighted by molar-refractivity contribution is 0.562. The highest BCUT2D eigenvalue weighted by molar-refractivity contribution is 7.89. The van der Waals surface area contributed by atoms with Crippen LogP contribution in [0.5, 0.6) is 0 Å². The van der Waals surface area contributed by atoms with Gasteiger partial charge < -0.3 is 5.73 Å². The van der Waals surface area contributed by atoms with Gasteiger partial charge in [0.15, 0.2) is 0 Å². The van der Waals surface area contributed by atoms with Crippen molar-refractivity contribution in [3.05, 3.63) is 58.6 Å². The molecule has 0 aromatic heterocycles. The van der Waals surface area contributed by atoms with Gasteiger partial charge in [0, 0.05) is 18.2 Å². The number of nitrogens with one attached hydrogen (secondary N) is 1. The zero-order chi connectivity index (χ0) is 15.6. The summed E-state index contributed by atoms with van der Waals surface area (Å²) in [4.78, 5) is -0.269. The zero-order valence-corrected chi connectivity index (χ0v) is 12.2. The molecule has 8 heteroatoms. The number of nitrogen functional groups attached to an aromatic ring is 1. The molecule has 21 heavy (non-hydrogen) atoms. The summed E-state index contributed by atoms with van der Waals surface area (Å²) in [5.41, 5.74) is 5.59. The van der Waals surface area contributed by atoms with E-state index in [2.05, 4.69) is 4.72 Å². The monoisotopic (exact) mass is 332 g/mol. The molecule has 0 unspecified atom stereocenters. The first-order valence-corrected chi connectivity index (χ1v) is 7.65. The summed E-state index contributed by atoms with van der Waals surface area (Å²) >= 11 is 5.83. The number of sulfonamides is 1. The first-order valence-electron chi connectivity index (χ1n) is 5.79. The van der Waals surface area contributed by atoms with Crippen LogP contribution in [0.2, 0.25) is 5.02 Å². The summed E-state index contributed by atoms with van der Waals surface area (Å²) in [7, 11) is -4.01. The highest BCUT2D eigenvalue weighted by atomic mass is 35.5. The van der Waals surface area contributed by atoms with Crippen LogP contribution in [-0.4, -0.2) is 8.42 Å². The van der Waals surface area contributed by atoms with Crippen molar-refractivity contribution in [1.82, 2.24) is 4.72 Å². The number of rotatable bonds is 4. The summed E-state index contributed by atoms with van der Waals surface area (Å²) in [6, 6.07) is 7.15. The lowest BCUT2D eigenvalue weighted by Gasteiger charge is -2.11. The molecule has 0 aliphatic heterocycles. The van der Waals surface area contributed by atoms with Gasteiger partial charge in [-0.15, -0.1) is 0 Å². The van der Waals surface area contributed by atoms with E-state index in [1.807, 2.05) is 0 Å². The summed E-state index contributed by atoms with van der Waals surface area (Å²) in [6.07, 6.45) is 0. The third kappa shape index (κ3) is 3.49. The molecule has 0 atom stereocenters. The highest BCUT2D eigenvalue weighted by Gasteiger charge is 2.21. The average molecular weight is 333 g/mol. The van der Waals surface area contributed by atoms with E-state index in [1.165, 1.54) is 18.2 Å². The van der Waals surface area contributed by atoms with E-state index in [9.17, 15) is 17.2 Å². The van der Waals surface area contributed by atoms with Crippen LogP contribution in [0, 0.1) is 11.6 Å². The molecule has 2 aromatic rings. The van der Waals surface area contributed by atoms with Crippen molar-refractivity contribution in [2.75, 3.05) is 5.73 Å². The second-order valence-corrected chi connectivity index (χ2v) is 6.33. The van der Waals surface area contributed by atoms with E-state index < -0.39 is 21.7 Å². The molecular weight excluding hydrogens is 322 g/mol. The highest BCUT2D eigenvalue weighted by Crippen LogP contribution is 2.27. The Labute approximate surface area is 125 Å². The van der Waals surface area contributed by atoms with Crippen LogP contribution >= 0.6 is 11.6 Å². The van der Waals surface area contributed by atoms with Gasteiger partial charge in [-0.2, -0.15) is 0 Å². The van der Waals surface area contributed by atoms with E-state index in [-0.39, 0.29) is 27.7 Å². The molecule has 2 aromatic carbocycles. The molecule has 0 bridgehead atoms. The Morgan fingerprint density at radius 2 is 1.90 bits per heavy atom. The van der Waals surface area contributed by atoms with E-state index >= 15 is 0 Å². The first kappa shape index (κ1) is 15.7.